The van der Waals surface area contributed by atoms with Crippen molar-refractivity contribution < 1.29 is 9.59 Å². The van der Waals surface area contributed by atoms with E-state index in [4.69, 9.17) is 0 Å². The van der Waals surface area contributed by atoms with Crippen LogP contribution in [0.4, 0.5) is 0 Å². The molecule has 1 aliphatic heterocycles. The van der Waals surface area contributed by atoms with E-state index in [2.05, 4.69) is 10.4 Å². The number of fused-ring (bicyclic) bond motifs is 1. The number of carbonyl (C=O) groups is 2. The highest BCUT2D eigenvalue weighted by Crippen LogP contribution is 2.17. The van der Waals surface area contributed by atoms with Gasteiger partial charge in [0.2, 0.25) is 0 Å². The summed E-state index contributed by atoms with van der Waals surface area (Å²) in [7, 11) is 0. The predicted octanol–water partition coefficient (Wildman–Crippen LogP) is 2.92. The lowest BCUT2D eigenvalue weighted by Crippen LogP contribution is -2.30. The van der Waals surface area contributed by atoms with Gasteiger partial charge in [-0.25, -0.2) is 0 Å². The number of carbonyl (C=O) groups excluding carboxylic acids is 2. The first-order valence-electron chi connectivity index (χ1n) is 8.92. The van der Waals surface area contributed by atoms with Crippen LogP contribution in [0.1, 0.15) is 37.8 Å². The summed E-state index contributed by atoms with van der Waals surface area (Å²) < 4.78 is 1.66. The van der Waals surface area contributed by atoms with E-state index in [9.17, 15) is 9.59 Å². The van der Waals surface area contributed by atoms with E-state index >= 15 is 0 Å². The van der Waals surface area contributed by atoms with Crippen molar-refractivity contribution in [3.8, 4) is 0 Å². The van der Waals surface area contributed by atoms with E-state index < -0.39 is 0 Å². The Hall–Kier alpha value is -2.93. The molecule has 3 aromatic rings. The maximum absolute atomic E-state index is 13.0. The van der Waals surface area contributed by atoms with Crippen LogP contribution >= 0.6 is 11.3 Å². The standard InChI is InChI=1S/C20H20N4O2S/c25-19(21-13-16-8-4-11-27-16)17-12-18-20(26)23(9-5-10-24(18)22-17)14-15-6-2-1-3-7-15/h1-4,6-8,11-12H,5,9-10,13-14H2,(H,21,25). The summed E-state index contributed by atoms with van der Waals surface area (Å²) >= 11 is 1.59. The fourth-order valence-corrected chi connectivity index (χ4v) is 3.82. The Morgan fingerprint density at radius 3 is 2.78 bits per heavy atom. The van der Waals surface area contributed by atoms with Gasteiger partial charge in [-0.1, -0.05) is 36.4 Å². The third kappa shape index (κ3) is 3.93. The molecule has 0 saturated heterocycles. The van der Waals surface area contributed by atoms with Gasteiger partial charge in [0.25, 0.3) is 11.8 Å². The maximum atomic E-state index is 13.0. The van der Waals surface area contributed by atoms with Gasteiger partial charge in [-0.15, -0.1) is 11.3 Å². The van der Waals surface area contributed by atoms with Gasteiger partial charge in [0.15, 0.2) is 5.69 Å². The molecule has 0 bridgehead atoms. The molecule has 27 heavy (non-hydrogen) atoms. The normalized spacial score (nSPS) is 13.9. The first-order valence-corrected chi connectivity index (χ1v) is 9.80. The zero-order valence-corrected chi connectivity index (χ0v) is 15.6. The van der Waals surface area contributed by atoms with Gasteiger partial charge in [0.1, 0.15) is 5.69 Å². The molecule has 0 fully saturated rings. The van der Waals surface area contributed by atoms with Crippen molar-refractivity contribution in [2.75, 3.05) is 6.54 Å². The number of amides is 2. The Morgan fingerprint density at radius 2 is 2.00 bits per heavy atom. The summed E-state index contributed by atoms with van der Waals surface area (Å²) in [6.07, 6.45) is 0.809. The summed E-state index contributed by atoms with van der Waals surface area (Å²) in [6, 6.07) is 15.5. The number of nitrogens with zero attached hydrogens (tertiary/aromatic N) is 3. The zero-order valence-electron chi connectivity index (χ0n) is 14.8. The van der Waals surface area contributed by atoms with Gasteiger partial charge in [-0.3, -0.25) is 14.3 Å². The second-order valence-corrected chi connectivity index (χ2v) is 7.50. The molecule has 0 aliphatic carbocycles. The number of rotatable bonds is 5. The highest BCUT2D eigenvalue weighted by molar-refractivity contribution is 7.09. The summed E-state index contributed by atoms with van der Waals surface area (Å²) in [5.74, 6) is -0.340. The molecule has 0 spiro atoms. The van der Waals surface area contributed by atoms with E-state index in [1.54, 1.807) is 22.1 Å². The van der Waals surface area contributed by atoms with E-state index in [0.29, 0.717) is 31.9 Å². The molecular formula is C20H20N4O2S. The highest BCUT2D eigenvalue weighted by Gasteiger charge is 2.26. The Balaban J connectivity index is 1.48. The molecule has 2 amide bonds. The van der Waals surface area contributed by atoms with Gasteiger partial charge < -0.3 is 10.2 Å². The minimum absolute atomic E-state index is 0.0823. The predicted molar refractivity (Wildman–Crippen MR) is 104 cm³/mol. The number of hydrogen-bond donors (Lipinski definition) is 1. The summed E-state index contributed by atoms with van der Waals surface area (Å²) in [5, 5.41) is 9.20. The lowest BCUT2D eigenvalue weighted by Gasteiger charge is -2.20. The fourth-order valence-electron chi connectivity index (χ4n) is 3.17. The lowest BCUT2D eigenvalue weighted by atomic mass is 10.2. The summed E-state index contributed by atoms with van der Waals surface area (Å²) in [6.45, 7) is 2.33. The van der Waals surface area contributed by atoms with Crippen LogP contribution in [0.5, 0.6) is 0 Å². The molecule has 0 atom stereocenters. The number of aryl methyl sites for hydroxylation is 1. The average Bonchev–Trinajstić information content (AvgIpc) is 3.33. The maximum Gasteiger partial charge on any atom is 0.272 e. The molecule has 0 unspecified atom stereocenters. The van der Waals surface area contributed by atoms with Crippen LogP contribution in [0.25, 0.3) is 0 Å². The van der Waals surface area contributed by atoms with Crippen molar-refractivity contribution in [3.05, 3.63) is 75.7 Å². The van der Waals surface area contributed by atoms with Crippen molar-refractivity contribution in [3.63, 3.8) is 0 Å². The second-order valence-electron chi connectivity index (χ2n) is 6.47. The minimum atomic E-state index is -0.258. The number of thiophene rings is 1. The zero-order chi connectivity index (χ0) is 18.6. The van der Waals surface area contributed by atoms with Gasteiger partial charge in [-0.2, -0.15) is 5.10 Å². The molecular weight excluding hydrogens is 360 g/mol. The van der Waals surface area contributed by atoms with E-state index in [0.717, 1.165) is 16.9 Å². The first kappa shape index (κ1) is 17.5. The topological polar surface area (TPSA) is 67.2 Å². The largest absolute Gasteiger partial charge is 0.346 e. The van der Waals surface area contributed by atoms with Gasteiger partial charge in [0.05, 0.1) is 6.54 Å². The quantitative estimate of drug-likeness (QED) is 0.740. The summed E-state index contributed by atoms with van der Waals surface area (Å²) in [4.78, 5) is 28.3. The van der Waals surface area contributed by atoms with Gasteiger partial charge in [-0.05, 0) is 23.4 Å². The van der Waals surface area contributed by atoms with E-state index in [1.165, 1.54) is 0 Å². The molecule has 0 saturated carbocycles. The Labute approximate surface area is 161 Å². The van der Waals surface area contributed by atoms with Crippen molar-refractivity contribution in [1.29, 1.82) is 0 Å². The Kier molecular flexibility index (Phi) is 5.02. The van der Waals surface area contributed by atoms with Crippen LogP contribution in [0.3, 0.4) is 0 Å². The van der Waals surface area contributed by atoms with Crippen LogP contribution in [-0.4, -0.2) is 33.0 Å². The third-order valence-corrected chi connectivity index (χ3v) is 5.41. The fraction of sp³-hybridized carbons (Fsp3) is 0.250. The van der Waals surface area contributed by atoms with Crippen molar-refractivity contribution >= 4 is 23.2 Å². The highest BCUT2D eigenvalue weighted by atomic mass is 32.1. The Bertz CT molecular complexity index is 934. The van der Waals surface area contributed by atoms with Crippen LogP contribution in [-0.2, 0) is 19.6 Å². The second kappa shape index (κ2) is 7.75. The van der Waals surface area contributed by atoms with E-state index in [-0.39, 0.29) is 17.5 Å². The monoisotopic (exact) mass is 380 g/mol. The number of benzene rings is 1. The van der Waals surface area contributed by atoms with Crippen LogP contribution in [0.2, 0.25) is 0 Å². The SMILES string of the molecule is O=C(NCc1cccs1)c1cc2n(n1)CCCN(Cc1ccccc1)C2=O. The molecule has 2 aromatic heterocycles. The van der Waals surface area contributed by atoms with Crippen molar-refractivity contribution in [1.82, 2.24) is 20.0 Å². The number of aromatic nitrogens is 2. The molecule has 3 heterocycles. The van der Waals surface area contributed by atoms with E-state index in [1.807, 2.05) is 52.7 Å². The minimum Gasteiger partial charge on any atom is -0.346 e. The molecule has 4 rings (SSSR count). The Morgan fingerprint density at radius 1 is 1.15 bits per heavy atom. The smallest absolute Gasteiger partial charge is 0.272 e. The summed E-state index contributed by atoms with van der Waals surface area (Å²) in [5.41, 5.74) is 1.86. The van der Waals surface area contributed by atoms with Crippen molar-refractivity contribution in [2.45, 2.75) is 26.1 Å². The van der Waals surface area contributed by atoms with Gasteiger partial charge in [0, 0.05) is 30.6 Å². The molecule has 0 radical (unpaired) electrons. The number of nitrogens with one attached hydrogen (secondary N) is 1. The average molecular weight is 380 g/mol. The van der Waals surface area contributed by atoms with Gasteiger partial charge >= 0.3 is 0 Å². The molecule has 1 aliphatic rings. The molecule has 7 heteroatoms. The molecule has 138 valence electrons. The van der Waals surface area contributed by atoms with Crippen molar-refractivity contribution in [2.24, 2.45) is 0 Å². The third-order valence-electron chi connectivity index (χ3n) is 4.54. The van der Waals surface area contributed by atoms with Crippen LogP contribution in [0.15, 0.2) is 53.9 Å². The first-order chi connectivity index (χ1) is 13.2. The van der Waals surface area contributed by atoms with Crippen LogP contribution < -0.4 is 5.32 Å². The molecule has 1 N–H and O–H groups in total. The molecule has 6 nitrogen and oxygen atoms in total. The lowest BCUT2D eigenvalue weighted by molar-refractivity contribution is 0.0745. The molecule has 1 aromatic carbocycles. The number of hydrogen-bond acceptors (Lipinski definition) is 4. The van der Waals surface area contributed by atoms with Crippen LogP contribution in [0, 0.1) is 0 Å².